The van der Waals surface area contributed by atoms with Crippen molar-refractivity contribution in [3.8, 4) is 45.3 Å². The summed E-state index contributed by atoms with van der Waals surface area (Å²) in [6, 6.07) is 7.81. The summed E-state index contributed by atoms with van der Waals surface area (Å²) in [5.41, 5.74) is -5.42. The third kappa shape index (κ3) is 6.08. The van der Waals surface area contributed by atoms with Crippen LogP contribution in [0.25, 0.3) is 22.3 Å². The largest absolute Gasteiger partial charge is 0.501 e. The van der Waals surface area contributed by atoms with Crippen LogP contribution in [0.1, 0.15) is 11.1 Å². The van der Waals surface area contributed by atoms with Gasteiger partial charge in [0, 0.05) is 0 Å². The van der Waals surface area contributed by atoms with E-state index >= 15 is 0 Å². The molecule has 0 saturated heterocycles. The second-order valence-electron chi connectivity index (χ2n) is 8.63. The lowest BCUT2D eigenvalue weighted by Crippen LogP contribution is -2.04. The Morgan fingerprint density at radius 1 is 0.628 bits per heavy atom. The summed E-state index contributed by atoms with van der Waals surface area (Å²) in [7, 11) is 0. The van der Waals surface area contributed by atoms with E-state index in [0.29, 0.717) is 24.3 Å². The van der Waals surface area contributed by atoms with E-state index in [1.54, 1.807) is 0 Å². The first-order valence-corrected chi connectivity index (χ1v) is 12.1. The van der Waals surface area contributed by atoms with Gasteiger partial charge in [-0.3, -0.25) is 20.2 Å². The topological polar surface area (TPSA) is 136 Å². The number of hydrogen-bond acceptors (Lipinski definition) is 7. The fourth-order valence-electron chi connectivity index (χ4n) is 3.98. The lowest BCUT2D eigenvalue weighted by molar-refractivity contribution is -0.385. The van der Waals surface area contributed by atoms with Crippen molar-refractivity contribution in [1.29, 1.82) is 0 Å². The number of phenols is 2. The molecule has 0 unspecified atom stereocenters. The number of ether oxygens (including phenoxy) is 1. The van der Waals surface area contributed by atoms with Crippen LogP contribution >= 0.6 is 23.2 Å². The molecule has 0 saturated carbocycles. The van der Waals surface area contributed by atoms with E-state index in [0.717, 1.165) is 36.4 Å². The van der Waals surface area contributed by atoms with E-state index in [-0.39, 0.29) is 11.1 Å². The molecule has 4 aromatic carbocycles. The Morgan fingerprint density at radius 3 is 1.19 bits per heavy atom. The molecule has 0 atom stereocenters. The minimum Gasteiger partial charge on any atom is -0.501 e. The number of nitro benzene ring substituents is 2. The van der Waals surface area contributed by atoms with Crippen LogP contribution in [0.15, 0.2) is 60.7 Å². The molecule has 17 heteroatoms. The minimum atomic E-state index is -4.72. The van der Waals surface area contributed by atoms with Crippen LogP contribution in [-0.2, 0) is 12.4 Å². The highest BCUT2D eigenvalue weighted by Crippen LogP contribution is 2.52. The van der Waals surface area contributed by atoms with Gasteiger partial charge in [0.15, 0.2) is 11.5 Å². The van der Waals surface area contributed by atoms with Gasteiger partial charge in [0.05, 0.1) is 32.1 Å². The molecule has 4 rings (SSSR count). The number of alkyl halides is 6. The van der Waals surface area contributed by atoms with Crippen LogP contribution in [0.4, 0.5) is 37.7 Å². The summed E-state index contributed by atoms with van der Waals surface area (Å²) in [5, 5.41) is 42.9. The lowest BCUT2D eigenvalue weighted by atomic mass is 10.0. The fraction of sp³-hybridized carbons (Fsp3) is 0.0769. The molecule has 0 aliphatic heterocycles. The average Bonchev–Trinajstić information content (AvgIpc) is 2.92. The monoisotopic (exact) mass is 648 g/mol. The summed E-state index contributed by atoms with van der Waals surface area (Å²) >= 11 is 12.2. The fourth-order valence-corrected chi connectivity index (χ4v) is 4.34. The van der Waals surface area contributed by atoms with Crippen molar-refractivity contribution in [3.05, 3.63) is 102 Å². The highest BCUT2D eigenvalue weighted by atomic mass is 35.5. The first-order chi connectivity index (χ1) is 19.9. The first-order valence-electron chi connectivity index (χ1n) is 11.3. The van der Waals surface area contributed by atoms with Gasteiger partial charge in [0.25, 0.3) is 0 Å². The minimum absolute atomic E-state index is 0.181. The molecule has 0 aliphatic carbocycles. The third-order valence-corrected chi connectivity index (χ3v) is 6.72. The number of benzene rings is 4. The van der Waals surface area contributed by atoms with Crippen LogP contribution in [0.5, 0.6) is 23.0 Å². The molecule has 0 amide bonds. The van der Waals surface area contributed by atoms with Gasteiger partial charge in [-0.05, 0) is 47.5 Å². The molecule has 43 heavy (non-hydrogen) atoms. The third-order valence-electron chi connectivity index (χ3n) is 5.99. The van der Waals surface area contributed by atoms with Crippen LogP contribution < -0.4 is 4.74 Å². The van der Waals surface area contributed by atoms with Crippen molar-refractivity contribution in [2.24, 2.45) is 0 Å². The molecule has 224 valence electrons. The number of hydrogen-bond donors (Lipinski definition) is 2. The van der Waals surface area contributed by atoms with E-state index in [1.165, 1.54) is 0 Å². The molecular weight excluding hydrogens is 637 g/mol. The second kappa shape index (κ2) is 11.1. The number of rotatable bonds is 6. The maximum atomic E-state index is 13.0. The molecule has 0 heterocycles. The molecule has 0 radical (unpaired) electrons. The Labute approximate surface area is 245 Å². The summed E-state index contributed by atoms with van der Waals surface area (Å²) in [6.07, 6.45) is -9.44. The van der Waals surface area contributed by atoms with Gasteiger partial charge in [-0.1, -0.05) is 47.5 Å². The molecule has 2 N–H and O–H groups in total. The van der Waals surface area contributed by atoms with E-state index < -0.39 is 88.9 Å². The van der Waals surface area contributed by atoms with E-state index in [1.807, 2.05) is 0 Å². The van der Waals surface area contributed by atoms with Crippen molar-refractivity contribution in [2.75, 3.05) is 0 Å². The van der Waals surface area contributed by atoms with Crippen LogP contribution in [0.2, 0.25) is 10.0 Å². The zero-order chi connectivity index (χ0) is 32.0. The van der Waals surface area contributed by atoms with Gasteiger partial charge in [-0.15, -0.1) is 0 Å². The highest BCUT2D eigenvalue weighted by Gasteiger charge is 2.34. The van der Waals surface area contributed by atoms with E-state index in [2.05, 4.69) is 0 Å². The summed E-state index contributed by atoms with van der Waals surface area (Å²) in [5.74, 6) is -3.50. The van der Waals surface area contributed by atoms with Crippen LogP contribution in [-0.4, -0.2) is 20.1 Å². The number of halogens is 8. The Kier molecular flexibility index (Phi) is 8.08. The predicted octanol–water partition coefficient (Wildman–Crippen LogP) is 9.38. The molecule has 0 bridgehead atoms. The van der Waals surface area contributed by atoms with Crippen LogP contribution in [0, 0.1) is 20.2 Å². The maximum absolute atomic E-state index is 13.0. The van der Waals surface area contributed by atoms with Crippen molar-refractivity contribution in [2.45, 2.75) is 12.4 Å². The van der Waals surface area contributed by atoms with Crippen LogP contribution in [0.3, 0.4) is 0 Å². The van der Waals surface area contributed by atoms with E-state index in [4.69, 9.17) is 27.9 Å². The normalized spacial score (nSPS) is 11.8. The molecule has 0 aromatic heterocycles. The first kappa shape index (κ1) is 31.2. The molecule has 9 nitrogen and oxygen atoms in total. The zero-order valence-corrected chi connectivity index (χ0v) is 22.1. The number of phenolic OH excluding ortho intramolecular Hbond substituents is 2. The Morgan fingerprint density at radius 2 is 0.930 bits per heavy atom. The SMILES string of the molecule is O=[N+]([O-])c1c(-c2ccc(C(F)(F)F)cc2)cc(Oc2cc(-c3ccc(C(F)(F)F)cc3)c([N+](=O)[O-])c(O)c2Cl)c(Cl)c1O. The Balaban J connectivity index is 1.89. The maximum Gasteiger partial charge on any atom is 0.416 e. The second-order valence-corrected chi connectivity index (χ2v) is 9.39. The quantitative estimate of drug-likeness (QED) is 0.121. The van der Waals surface area contributed by atoms with E-state index in [9.17, 15) is 56.8 Å². The summed E-state index contributed by atoms with van der Waals surface area (Å²) in [4.78, 5) is 21.4. The molecular formula is C26H12Cl2F6N2O7. The number of nitrogens with zero attached hydrogens (tertiary/aromatic N) is 2. The zero-order valence-electron chi connectivity index (χ0n) is 20.6. The lowest BCUT2D eigenvalue weighted by Gasteiger charge is -2.16. The number of nitro groups is 2. The van der Waals surface area contributed by atoms with Gasteiger partial charge in [0.2, 0.25) is 11.5 Å². The van der Waals surface area contributed by atoms with Gasteiger partial charge in [0.1, 0.15) is 10.0 Å². The van der Waals surface area contributed by atoms with Gasteiger partial charge >= 0.3 is 23.7 Å². The molecule has 4 aromatic rings. The summed E-state index contributed by atoms with van der Waals surface area (Å²) in [6.45, 7) is 0. The number of aromatic hydroxyl groups is 2. The summed E-state index contributed by atoms with van der Waals surface area (Å²) < 4.78 is 83.7. The highest BCUT2D eigenvalue weighted by molar-refractivity contribution is 6.35. The van der Waals surface area contributed by atoms with Gasteiger partial charge < -0.3 is 14.9 Å². The smallest absolute Gasteiger partial charge is 0.416 e. The Hall–Kier alpha value is -4.76. The van der Waals surface area contributed by atoms with Crippen molar-refractivity contribution in [3.63, 3.8) is 0 Å². The molecule has 0 spiro atoms. The van der Waals surface area contributed by atoms with Crippen molar-refractivity contribution in [1.82, 2.24) is 0 Å². The molecule has 0 aliphatic rings. The average molecular weight is 649 g/mol. The van der Waals surface area contributed by atoms with Crippen molar-refractivity contribution < 1.29 is 51.1 Å². The van der Waals surface area contributed by atoms with Gasteiger partial charge in [-0.2, -0.15) is 26.3 Å². The Bertz CT molecular complexity index is 1630. The van der Waals surface area contributed by atoms with Gasteiger partial charge in [-0.25, -0.2) is 0 Å². The predicted molar refractivity (Wildman–Crippen MR) is 140 cm³/mol. The standard InChI is InChI=1S/C26H12Cl2F6N2O7/c27-19-17(9-15(21(23(19)37)35(39)40)11-1-5-13(6-2-11)25(29,30)31)43-18-10-16(22(36(41)42)24(38)20(18)28)12-3-7-14(8-4-12)26(32,33)34/h1-10,37-38H. The van der Waals surface area contributed by atoms with Crippen molar-refractivity contribution >= 4 is 34.6 Å². The molecule has 0 fully saturated rings.